The summed E-state index contributed by atoms with van der Waals surface area (Å²) in [7, 11) is 5.88. The number of ether oxygens (including phenoxy) is 6. The third-order valence-electron chi connectivity index (χ3n) is 13.0. The normalized spacial score (nSPS) is 42.8. The highest BCUT2D eigenvalue weighted by Crippen LogP contribution is 2.74. The standard InChI is InChI=1S/C31H52O6/c1-7-28(14-35-15-28)25(32-4)20-10-21-22-12-31(24(21)11-20,27(34-6)30(9-3)18-37-19-30)13-23(22)26(33-5)29(8-2)16-36-17-29/h20-27H,7-19H2,1-6H3. The van der Waals surface area contributed by atoms with Crippen LogP contribution in [-0.4, -0.2) is 79.3 Å². The quantitative estimate of drug-likeness (QED) is 0.362. The molecule has 3 saturated heterocycles. The average Bonchev–Trinajstić information content (AvgIpc) is 3.51. The lowest BCUT2D eigenvalue weighted by Crippen LogP contribution is -2.61. The molecule has 3 aliphatic heterocycles. The van der Waals surface area contributed by atoms with Gasteiger partial charge in [-0.2, -0.15) is 0 Å². The molecule has 0 spiro atoms. The summed E-state index contributed by atoms with van der Waals surface area (Å²) in [5, 5.41) is 0. The summed E-state index contributed by atoms with van der Waals surface area (Å²) in [6.07, 6.45) is 9.28. The molecule has 0 N–H and O–H groups in total. The maximum Gasteiger partial charge on any atom is 0.0730 e. The third kappa shape index (κ3) is 3.58. The molecule has 6 fully saturated rings. The van der Waals surface area contributed by atoms with Crippen molar-refractivity contribution < 1.29 is 28.4 Å². The molecule has 6 heteroatoms. The zero-order valence-corrected chi connectivity index (χ0v) is 24.3. The van der Waals surface area contributed by atoms with E-state index in [4.69, 9.17) is 28.4 Å². The summed E-state index contributed by atoms with van der Waals surface area (Å²) in [4.78, 5) is 0. The van der Waals surface area contributed by atoms with Crippen LogP contribution in [0.5, 0.6) is 0 Å². The van der Waals surface area contributed by atoms with E-state index in [0.29, 0.717) is 29.8 Å². The van der Waals surface area contributed by atoms with E-state index < -0.39 is 0 Å². The van der Waals surface area contributed by atoms with E-state index in [0.717, 1.165) is 64.8 Å². The predicted molar refractivity (Wildman–Crippen MR) is 141 cm³/mol. The highest BCUT2D eigenvalue weighted by atomic mass is 16.5. The van der Waals surface area contributed by atoms with Crippen molar-refractivity contribution in [3.05, 3.63) is 0 Å². The van der Waals surface area contributed by atoms with Crippen molar-refractivity contribution >= 4 is 0 Å². The number of methoxy groups -OCH3 is 3. The smallest absolute Gasteiger partial charge is 0.0730 e. The van der Waals surface area contributed by atoms with Gasteiger partial charge in [-0.05, 0) is 74.5 Å². The fraction of sp³-hybridized carbons (Fsp3) is 1.00. The van der Waals surface area contributed by atoms with Gasteiger partial charge in [-0.1, -0.05) is 20.8 Å². The van der Waals surface area contributed by atoms with Crippen molar-refractivity contribution in [1.82, 2.24) is 0 Å². The first-order chi connectivity index (χ1) is 17.9. The Hall–Kier alpha value is -0.240. The minimum Gasteiger partial charge on any atom is -0.380 e. The van der Waals surface area contributed by atoms with Gasteiger partial charge in [0.1, 0.15) is 0 Å². The highest BCUT2D eigenvalue weighted by Gasteiger charge is 2.72. The van der Waals surface area contributed by atoms with E-state index >= 15 is 0 Å². The second-order valence-corrected chi connectivity index (χ2v) is 14.0. The number of fused-ring (bicyclic) bond motifs is 5. The van der Waals surface area contributed by atoms with Gasteiger partial charge in [-0.15, -0.1) is 0 Å². The van der Waals surface area contributed by atoms with Crippen molar-refractivity contribution in [3.63, 3.8) is 0 Å². The van der Waals surface area contributed by atoms with E-state index in [1.165, 1.54) is 25.7 Å². The van der Waals surface area contributed by atoms with E-state index in [9.17, 15) is 0 Å². The molecule has 0 aromatic rings. The van der Waals surface area contributed by atoms with Crippen LogP contribution in [0.25, 0.3) is 0 Å². The number of rotatable bonds is 12. The average molecular weight is 521 g/mol. The molecule has 3 saturated carbocycles. The molecule has 0 aromatic heterocycles. The molecule has 3 aliphatic carbocycles. The van der Waals surface area contributed by atoms with Crippen LogP contribution in [0.15, 0.2) is 0 Å². The SMILES string of the molecule is CCC1(C(OC)C2CC3C4CC(C(OC)C5(CC)COC5)(CC4C(OC)C4(CC)COC4)C3C2)COC1. The molecule has 9 atom stereocenters. The molecule has 9 unspecified atom stereocenters. The fourth-order valence-corrected chi connectivity index (χ4v) is 11.0. The minimum atomic E-state index is 0.152. The minimum absolute atomic E-state index is 0.152. The van der Waals surface area contributed by atoms with Crippen LogP contribution in [0.2, 0.25) is 0 Å². The molecule has 212 valence electrons. The van der Waals surface area contributed by atoms with Crippen LogP contribution in [0.3, 0.4) is 0 Å². The predicted octanol–water partition coefficient (Wildman–Crippen LogP) is 4.98. The van der Waals surface area contributed by atoms with E-state index in [1.54, 1.807) is 0 Å². The molecule has 0 radical (unpaired) electrons. The molecule has 37 heavy (non-hydrogen) atoms. The van der Waals surface area contributed by atoms with Crippen LogP contribution in [0, 0.1) is 51.2 Å². The van der Waals surface area contributed by atoms with Crippen LogP contribution in [-0.2, 0) is 28.4 Å². The van der Waals surface area contributed by atoms with Gasteiger partial charge in [-0.25, -0.2) is 0 Å². The lowest BCUT2D eigenvalue weighted by molar-refractivity contribution is -0.233. The Morgan fingerprint density at radius 3 is 1.62 bits per heavy atom. The number of hydrogen-bond acceptors (Lipinski definition) is 6. The molecule has 6 rings (SSSR count). The molecule has 2 bridgehead atoms. The fourth-order valence-electron chi connectivity index (χ4n) is 11.0. The third-order valence-corrected chi connectivity index (χ3v) is 13.0. The Bertz CT molecular complexity index is 802. The topological polar surface area (TPSA) is 55.4 Å². The van der Waals surface area contributed by atoms with Gasteiger partial charge < -0.3 is 28.4 Å². The number of hydrogen-bond donors (Lipinski definition) is 0. The van der Waals surface area contributed by atoms with Gasteiger partial charge in [0.15, 0.2) is 0 Å². The van der Waals surface area contributed by atoms with E-state index in [1.807, 2.05) is 21.3 Å². The van der Waals surface area contributed by atoms with Gasteiger partial charge in [0.05, 0.1) is 58.0 Å². The van der Waals surface area contributed by atoms with Crippen LogP contribution >= 0.6 is 0 Å². The molecule has 3 heterocycles. The van der Waals surface area contributed by atoms with Gasteiger partial charge in [0.25, 0.3) is 0 Å². The Morgan fingerprint density at radius 1 is 0.649 bits per heavy atom. The van der Waals surface area contributed by atoms with Crippen molar-refractivity contribution in [2.75, 3.05) is 61.0 Å². The lowest BCUT2D eigenvalue weighted by Gasteiger charge is -2.56. The van der Waals surface area contributed by atoms with Crippen LogP contribution < -0.4 is 0 Å². The zero-order chi connectivity index (χ0) is 26.1. The van der Waals surface area contributed by atoms with Crippen molar-refractivity contribution in [2.24, 2.45) is 51.2 Å². The zero-order valence-electron chi connectivity index (χ0n) is 24.3. The second kappa shape index (κ2) is 9.69. The Labute approximate surface area is 224 Å². The second-order valence-electron chi connectivity index (χ2n) is 14.0. The summed E-state index contributed by atoms with van der Waals surface area (Å²) in [5.74, 6) is 3.31. The van der Waals surface area contributed by atoms with Crippen LogP contribution in [0.4, 0.5) is 0 Å². The van der Waals surface area contributed by atoms with Crippen LogP contribution in [0.1, 0.15) is 65.7 Å². The van der Waals surface area contributed by atoms with Gasteiger partial charge in [0, 0.05) is 43.0 Å². The molecular weight excluding hydrogens is 468 g/mol. The van der Waals surface area contributed by atoms with Gasteiger partial charge in [-0.3, -0.25) is 0 Å². The first-order valence-corrected chi connectivity index (χ1v) is 15.2. The highest BCUT2D eigenvalue weighted by molar-refractivity contribution is 5.20. The van der Waals surface area contributed by atoms with Crippen molar-refractivity contribution in [1.29, 1.82) is 0 Å². The Morgan fingerprint density at radius 2 is 1.19 bits per heavy atom. The largest absolute Gasteiger partial charge is 0.380 e. The molecule has 6 aliphatic rings. The maximum atomic E-state index is 6.62. The summed E-state index contributed by atoms with van der Waals surface area (Å²) in [5.41, 5.74) is 0.724. The first kappa shape index (κ1) is 27.0. The van der Waals surface area contributed by atoms with Gasteiger partial charge in [0.2, 0.25) is 0 Å². The molecule has 0 aromatic carbocycles. The van der Waals surface area contributed by atoms with Crippen molar-refractivity contribution in [3.8, 4) is 0 Å². The summed E-state index contributed by atoms with van der Waals surface area (Å²) in [6, 6.07) is 0. The monoisotopic (exact) mass is 520 g/mol. The maximum absolute atomic E-state index is 6.62. The molecular formula is C31H52O6. The Balaban J connectivity index is 1.35. The van der Waals surface area contributed by atoms with Gasteiger partial charge >= 0.3 is 0 Å². The Kier molecular flexibility index (Phi) is 7.06. The lowest BCUT2D eigenvalue weighted by atomic mass is 9.56. The summed E-state index contributed by atoms with van der Waals surface area (Å²) >= 11 is 0. The van der Waals surface area contributed by atoms with Crippen molar-refractivity contribution in [2.45, 2.75) is 84.0 Å². The summed E-state index contributed by atoms with van der Waals surface area (Å²) < 4.78 is 36.9. The van der Waals surface area contributed by atoms with E-state index in [2.05, 4.69) is 20.8 Å². The summed E-state index contributed by atoms with van der Waals surface area (Å²) in [6.45, 7) is 12.1. The first-order valence-electron chi connectivity index (χ1n) is 15.2. The molecule has 6 nitrogen and oxygen atoms in total. The van der Waals surface area contributed by atoms with E-state index in [-0.39, 0.29) is 33.9 Å². The molecule has 0 amide bonds.